The molecule has 0 aliphatic carbocycles. The predicted octanol–water partition coefficient (Wildman–Crippen LogP) is -0.0623. The average molecular weight is 285 g/mol. The molecule has 1 rings (SSSR count). The number of likely N-dealkylation sites (tertiary alicyclic amines) is 1. The Labute approximate surface area is 121 Å². The normalized spacial score (nSPS) is 18.6. The monoisotopic (exact) mass is 285 g/mol. The predicted molar refractivity (Wildman–Crippen MR) is 77.3 cm³/mol. The summed E-state index contributed by atoms with van der Waals surface area (Å²) in [6.45, 7) is 4.44. The van der Waals surface area contributed by atoms with Crippen LogP contribution in [0.25, 0.3) is 0 Å². The van der Waals surface area contributed by atoms with Crippen molar-refractivity contribution in [3.8, 4) is 0 Å². The SMILES string of the molecule is COCC(C)NC(=O)CN1CCC(C(=O)N(C)C)CC1. The lowest BCUT2D eigenvalue weighted by atomic mass is 9.95. The van der Waals surface area contributed by atoms with Gasteiger partial charge in [-0.15, -0.1) is 0 Å². The van der Waals surface area contributed by atoms with Crippen LogP contribution < -0.4 is 5.32 Å². The molecule has 6 heteroatoms. The number of hydrogen-bond acceptors (Lipinski definition) is 4. The number of amides is 2. The average Bonchev–Trinajstić information content (AvgIpc) is 2.38. The van der Waals surface area contributed by atoms with Crippen molar-refractivity contribution >= 4 is 11.8 Å². The molecule has 0 aromatic heterocycles. The lowest BCUT2D eigenvalue weighted by molar-refractivity contribution is -0.134. The Bertz CT molecular complexity index is 326. The molecule has 0 aromatic rings. The third-order valence-corrected chi connectivity index (χ3v) is 3.57. The van der Waals surface area contributed by atoms with Crippen molar-refractivity contribution in [1.82, 2.24) is 15.1 Å². The first kappa shape index (κ1) is 16.9. The molecule has 1 aliphatic heterocycles. The van der Waals surface area contributed by atoms with E-state index in [-0.39, 0.29) is 23.8 Å². The van der Waals surface area contributed by atoms with E-state index in [2.05, 4.69) is 10.2 Å². The van der Waals surface area contributed by atoms with Crippen LogP contribution >= 0.6 is 0 Å². The molecule has 6 nitrogen and oxygen atoms in total. The van der Waals surface area contributed by atoms with Crippen LogP contribution in [0.4, 0.5) is 0 Å². The molecule has 0 saturated carbocycles. The first-order chi connectivity index (χ1) is 9.43. The number of nitrogens with zero attached hydrogens (tertiary/aromatic N) is 2. The molecule has 0 spiro atoms. The molecule has 1 unspecified atom stereocenters. The van der Waals surface area contributed by atoms with Gasteiger partial charge in [-0.2, -0.15) is 0 Å². The van der Waals surface area contributed by atoms with Crippen LogP contribution in [0.5, 0.6) is 0 Å². The summed E-state index contributed by atoms with van der Waals surface area (Å²) in [5.41, 5.74) is 0. The van der Waals surface area contributed by atoms with E-state index in [1.807, 2.05) is 6.92 Å². The quantitative estimate of drug-likeness (QED) is 0.742. The van der Waals surface area contributed by atoms with E-state index in [9.17, 15) is 9.59 Å². The van der Waals surface area contributed by atoms with Crippen LogP contribution in [-0.2, 0) is 14.3 Å². The van der Waals surface area contributed by atoms with Crippen LogP contribution in [0.1, 0.15) is 19.8 Å². The van der Waals surface area contributed by atoms with Gasteiger partial charge >= 0.3 is 0 Å². The lowest BCUT2D eigenvalue weighted by Gasteiger charge is -2.32. The van der Waals surface area contributed by atoms with Crippen molar-refractivity contribution in [2.45, 2.75) is 25.8 Å². The highest BCUT2D eigenvalue weighted by molar-refractivity contribution is 5.79. The zero-order valence-corrected chi connectivity index (χ0v) is 13.0. The molecule has 1 fully saturated rings. The van der Waals surface area contributed by atoms with Gasteiger partial charge in [0.1, 0.15) is 0 Å². The topological polar surface area (TPSA) is 61.9 Å². The van der Waals surface area contributed by atoms with E-state index >= 15 is 0 Å². The minimum absolute atomic E-state index is 0.0203. The number of rotatable bonds is 6. The van der Waals surface area contributed by atoms with Gasteiger partial charge in [0.2, 0.25) is 11.8 Å². The number of nitrogens with one attached hydrogen (secondary N) is 1. The van der Waals surface area contributed by atoms with Crippen LogP contribution in [0.2, 0.25) is 0 Å². The maximum Gasteiger partial charge on any atom is 0.234 e. The van der Waals surface area contributed by atoms with Crippen molar-refractivity contribution in [2.75, 3.05) is 47.4 Å². The summed E-state index contributed by atoms with van der Waals surface area (Å²) >= 11 is 0. The third-order valence-electron chi connectivity index (χ3n) is 3.57. The summed E-state index contributed by atoms with van der Waals surface area (Å²) < 4.78 is 4.99. The first-order valence-electron chi connectivity index (χ1n) is 7.15. The molecule has 0 radical (unpaired) electrons. The Morgan fingerprint density at radius 3 is 2.45 bits per heavy atom. The number of piperidine rings is 1. The van der Waals surface area contributed by atoms with Crippen LogP contribution in [-0.4, -0.2) is 75.1 Å². The summed E-state index contributed by atoms with van der Waals surface area (Å²) in [6, 6.07) is 0.0281. The molecule has 1 aliphatic rings. The second kappa shape index (κ2) is 8.21. The molecule has 1 atom stereocenters. The van der Waals surface area contributed by atoms with Crippen molar-refractivity contribution in [1.29, 1.82) is 0 Å². The van der Waals surface area contributed by atoms with E-state index in [0.29, 0.717) is 13.2 Å². The van der Waals surface area contributed by atoms with E-state index in [1.165, 1.54) is 0 Å². The minimum atomic E-state index is 0.0203. The zero-order valence-electron chi connectivity index (χ0n) is 13.0. The van der Waals surface area contributed by atoms with E-state index in [1.54, 1.807) is 26.1 Å². The number of carbonyl (C=O) groups is 2. The van der Waals surface area contributed by atoms with E-state index in [0.717, 1.165) is 25.9 Å². The molecule has 116 valence electrons. The maximum absolute atomic E-state index is 11.9. The third kappa shape index (κ3) is 5.46. The molecule has 0 aromatic carbocycles. The van der Waals surface area contributed by atoms with Crippen LogP contribution in [0.3, 0.4) is 0 Å². The number of ether oxygens (including phenoxy) is 1. The largest absolute Gasteiger partial charge is 0.383 e. The van der Waals surface area contributed by atoms with Gasteiger partial charge in [-0.1, -0.05) is 0 Å². The van der Waals surface area contributed by atoms with E-state index < -0.39 is 0 Å². The van der Waals surface area contributed by atoms with Gasteiger partial charge in [-0.05, 0) is 32.9 Å². The smallest absolute Gasteiger partial charge is 0.234 e. The highest BCUT2D eigenvalue weighted by Crippen LogP contribution is 2.18. The summed E-state index contributed by atoms with van der Waals surface area (Å²) in [4.78, 5) is 27.5. The maximum atomic E-state index is 11.9. The summed E-state index contributed by atoms with van der Waals surface area (Å²) in [6.07, 6.45) is 1.66. The lowest BCUT2D eigenvalue weighted by Crippen LogP contribution is -2.46. The highest BCUT2D eigenvalue weighted by atomic mass is 16.5. The Balaban J connectivity index is 2.28. The Hall–Kier alpha value is -1.14. The van der Waals surface area contributed by atoms with Gasteiger partial charge in [0.15, 0.2) is 0 Å². The van der Waals surface area contributed by atoms with Crippen molar-refractivity contribution < 1.29 is 14.3 Å². The zero-order chi connectivity index (χ0) is 15.1. The fourth-order valence-corrected chi connectivity index (χ4v) is 2.52. The van der Waals surface area contributed by atoms with Crippen LogP contribution in [0, 0.1) is 5.92 Å². The molecule has 20 heavy (non-hydrogen) atoms. The Kier molecular flexibility index (Phi) is 6.95. The van der Waals surface area contributed by atoms with Crippen LogP contribution in [0.15, 0.2) is 0 Å². The van der Waals surface area contributed by atoms with E-state index in [4.69, 9.17) is 4.74 Å². The summed E-state index contributed by atoms with van der Waals surface area (Å²) in [7, 11) is 5.20. The van der Waals surface area contributed by atoms with Gasteiger partial charge < -0.3 is 15.0 Å². The fourth-order valence-electron chi connectivity index (χ4n) is 2.52. The molecular formula is C14H27N3O3. The molecule has 0 bridgehead atoms. The second-order valence-corrected chi connectivity index (χ2v) is 5.71. The van der Waals surface area contributed by atoms with Gasteiger partial charge in [0.05, 0.1) is 13.2 Å². The van der Waals surface area contributed by atoms with Gasteiger partial charge in [0.25, 0.3) is 0 Å². The van der Waals surface area contributed by atoms with Crippen molar-refractivity contribution in [2.24, 2.45) is 5.92 Å². The molecule has 1 heterocycles. The summed E-state index contributed by atoms with van der Waals surface area (Å²) in [5, 5.41) is 2.90. The molecule has 2 amide bonds. The standard InChI is InChI=1S/C14H27N3O3/c1-11(10-20-4)15-13(18)9-17-7-5-12(6-8-17)14(19)16(2)3/h11-12H,5-10H2,1-4H3,(H,15,18). The van der Waals surface area contributed by atoms with Gasteiger partial charge in [0, 0.05) is 33.2 Å². The van der Waals surface area contributed by atoms with Gasteiger partial charge in [-0.3, -0.25) is 14.5 Å². The highest BCUT2D eigenvalue weighted by Gasteiger charge is 2.26. The molecular weight excluding hydrogens is 258 g/mol. The molecule has 1 saturated heterocycles. The summed E-state index contributed by atoms with van der Waals surface area (Å²) in [5.74, 6) is 0.325. The van der Waals surface area contributed by atoms with Gasteiger partial charge in [-0.25, -0.2) is 0 Å². The molecule has 1 N–H and O–H groups in total. The Morgan fingerprint density at radius 2 is 1.95 bits per heavy atom. The van der Waals surface area contributed by atoms with Crippen molar-refractivity contribution in [3.63, 3.8) is 0 Å². The number of carbonyl (C=O) groups excluding carboxylic acids is 2. The number of hydrogen-bond donors (Lipinski definition) is 1. The fraction of sp³-hybridized carbons (Fsp3) is 0.857. The second-order valence-electron chi connectivity index (χ2n) is 5.71. The van der Waals surface area contributed by atoms with Crippen molar-refractivity contribution in [3.05, 3.63) is 0 Å². The number of methoxy groups -OCH3 is 1. The first-order valence-corrected chi connectivity index (χ1v) is 7.15. The minimum Gasteiger partial charge on any atom is -0.383 e. The Morgan fingerprint density at radius 1 is 1.35 bits per heavy atom.